The van der Waals surface area contributed by atoms with Crippen molar-refractivity contribution in [2.45, 2.75) is 52.4 Å². The maximum atomic E-state index is 9.58. The van der Waals surface area contributed by atoms with Gasteiger partial charge in [0.15, 0.2) is 0 Å². The first kappa shape index (κ1) is 27.7. The number of fused-ring (bicyclic) bond motifs is 2. The molecule has 0 heterocycles. The van der Waals surface area contributed by atoms with Crippen molar-refractivity contribution in [1.82, 2.24) is 0 Å². The molecule has 0 unspecified atom stereocenters. The standard InChI is InChI=1S/C38H35N3/c1-37(2,3)27-15-19-29(20-16-27)41(30-21-17-28(18-22-30)38(4,5)6)36-33-13-9-7-11-31(33)35(23-26(24-39)25-40)32-12-8-10-14-34(32)36/h7-23H,1-6H3. The van der Waals surface area contributed by atoms with Crippen LogP contribution < -0.4 is 4.90 Å². The molecule has 3 heteroatoms. The van der Waals surface area contributed by atoms with Crippen LogP contribution in [0.5, 0.6) is 0 Å². The van der Waals surface area contributed by atoms with Crippen LogP contribution >= 0.6 is 0 Å². The molecule has 0 radical (unpaired) electrons. The van der Waals surface area contributed by atoms with Crippen LogP contribution in [-0.2, 0) is 10.8 Å². The molecular weight excluding hydrogens is 498 g/mol. The third-order valence-corrected chi connectivity index (χ3v) is 7.68. The van der Waals surface area contributed by atoms with Gasteiger partial charge in [0.1, 0.15) is 17.7 Å². The van der Waals surface area contributed by atoms with E-state index in [4.69, 9.17) is 0 Å². The third-order valence-electron chi connectivity index (χ3n) is 7.68. The Kier molecular flexibility index (Phi) is 7.17. The summed E-state index contributed by atoms with van der Waals surface area (Å²) in [4.78, 5) is 2.34. The summed E-state index contributed by atoms with van der Waals surface area (Å²) in [5.41, 5.74) is 6.80. The molecule has 0 aliphatic heterocycles. The summed E-state index contributed by atoms with van der Waals surface area (Å²) in [7, 11) is 0. The molecule has 0 spiro atoms. The second kappa shape index (κ2) is 10.6. The van der Waals surface area contributed by atoms with Gasteiger partial charge in [-0.2, -0.15) is 10.5 Å². The summed E-state index contributed by atoms with van der Waals surface area (Å²) in [5, 5.41) is 23.2. The van der Waals surface area contributed by atoms with E-state index in [0.29, 0.717) is 0 Å². The molecule has 0 aliphatic carbocycles. The van der Waals surface area contributed by atoms with Crippen LogP contribution in [0.4, 0.5) is 17.1 Å². The molecule has 0 bridgehead atoms. The van der Waals surface area contributed by atoms with Gasteiger partial charge in [-0.3, -0.25) is 0 Å². The Balaban J connectivity index is 1.88. The number of rotatable bonds is 4. The smallest absolute Gasteiger partial charge is 0.130 e. The van der Waals surface area contributed by atoms with Crippen molar-refractivity contribution in [3.05, 3.63) is 119 Å². The summed E-state index contributed by atoms with van der Waals surface area (Å²) in [6, 6.07) is 38.3. The fourth-order valence-electron chi connectivity index (χ4n) is 5.40. The van der Waals surface area contributed by atoms with Crippen molar-refractivity contribution in [3.63, 3.8) is 0 Å². The zero-order chi connectivity index (χ0) is 29.4. The number of anilines is 3. The van der Waals surface area contributed by atoms with Crippen LogP contribution in [0, 0.1) is 22.7 Å². The SMILES string of the molecule is CC(C)(C)c1ccc(N(c2ccc(C(C)(C)C)cc2)c2c3ccccc3c(C=C(C#N)C#N)c3ccccc23)cc1. The fraction of sp³-hybridized carbons (Fsp3) is 0.211. The van der Waals surface area contributed by atoms with Gasteiger partial charge >= 0.3 is 0 Å². The molecule has 3 nitrogen and oxygen atoms in total. The summed E-state index contributed by atoms with van der Waals surface area (Å²) in [6.45, 7) is 13.4. The van der Waals surface area contributed by atoms with Crippen LogP contribution in [0.1, 0.15) is 58.2 Å². The molecule has 0 amide bonds. The Hall–Kier alpha value is -4.86. The van der Waals surface area contributed by atoms with Gasteiger partial charge in [0, 0.05) is 22.1 Å². The first-order valence-corrected chi connectivity index (χ1v) is 14.0. The number of nitriles is 2. The number of hydrogen-bond acceptors (Lipinski definition) is 3. The summed E-state index contributed by atoms with van der Waals surface area (Å²) >= 11 is 0. The molecule has 0 saturated heterocycles. The Morgan fingerprint density at radius 2 is 0.927 bits per heavy atom. The zero-order valence-corrected chi connectivity index (χ0v) is 24.7. The number of allylic oxidation sites excluding steroid dienone is 1. The van der Waals surface area contributed by atoms with Gasteiger partial charge in [-0.1, -0.05) is 114 Å². The van der Waals surface area contributed by atoms with Crippen molar-refractivity contribution in [2.24, 2.45) is 0 Å². The van der Waals surface area contributed by atoms with Crippen LogP contribution in [-0.4, -0.2) is 0 Å². The first-order chi connectivity index (χ1) is 19.5. The number of hydrogen-bond donors (Lipinski definition) is 0. The average molecular weight is 534 g/mol. The van der Waals surface area contributed by atoms with Crippen molar-refractivity contribution >= 4 is 44.7 Å². The summed E-state index contributed by atoms with van der Waals surface area (Å²) < 4.78 is 0. The number of nitrogens with zero attached hydrogens (tertiary/aromatic N) is 3. The molecular formula is C38H35N3. The maximum Gasteiger partial charge on any atom is 0.130 e. The molecule has 5 aromatic carbocycles. The Labute approximate surface area is 243 Å². The molecule has 202 valence electrons. The lowest BCUT2D eigenvalue weighted by molar-refractivity contribution is 0.590. The van der Waals surface area contributed by atoms with Gasteiger partial charge < -0.3 is 4.90 Å². The predicted octanol–water partition coefficient (Wildman–Crippen LogP) is 10.5. The van der Waals surface area contributed by atoms with Crippen LogP contribution in [0.3, 0.4) is 0 Å². The second-order valence-electron chi connectivity index (χ2n) is 12.6. The second-order valence-corrected chi connectivity index (χ2v) is 12.6. The van der Waals surface area contributed by atoms with Gasteiger partial charge in [0.05, 0.1) is 5.69 Å². The molecule has 5 aromatic rings. The molecule has 0 fully saturated rings. The van der Waals surface area contributed by atoms with Crippen LogP contribution in [0.15, 0.2) is 103 Å². The Bertz CT molecular complexity index is 1720. The van der Waals surface area contributed by atoms with E-state index in [0.717, 1.165) is 44.2 Å². The predicted molar refractivity (Wildman–Crippen MR) is 173 cm³/mol. The maximum absolute atomic E-state index is 9.58. The van der Waals surface area contributed by atoms with Crippen molar-refractivity contribution in [2.75, 3.05) is 4.90 Å². The topological polar surface area (TPSA) is 50.8 Å². The van der Waals surface area contributed by atoms with Gasteiger partial charge in [-0.15, -0.1) is 0 Å². The lowest BCUT2D eigenvalue weighted by Crippen LogP contribution is -2.15. The van der Waals surface area contributed by atoms with Crippen molar-refractivity contribution < 1.29 is 0 Å². The van der Waals surface area contributed by atoms with E-state index in [1.54, 1.807) is 6.08 Å². The monoisotopic (exact) mass is 533 g/mol. The van der Waals surface area contributed by atoms with E-state index in [2.05, 4.69) is 119 Å². The Morgan fingerprint density at radius 3 is 1.27 bits per heavy atom. The molecule has 0 aliphatic rings. The molecule has 0 aromatic heterocycles. The lowest BCUT2D eigenvalue weighted by Gasteiger charge is -2.30. The van der Waals surface area contributed by atoms with Crippen LogP contribution in [0.2, 0.25) is 0 Å². The third kappa shape index (κ3) is 5.32. The van der Waals surface area contributed by atoms with Gasteiger partial charge in [0.25, 0.3) is 0 Å². The normalized spacial score (nSPS) is 11.6. The number of benzene rings is 5. The fourth-order valence-corrected chi connectivity index (χ4v) is 5.40. The van der Waals surface area contributed by atoms with E-state index in [1.165, 1.54) is 11.1 Å². The summed E-state index contributed by atoms with van der Waals surface area (Å²) in [6.07, 6.45) is 1.72. The van der Waals surface area contributed by atoms with Gasteiger partial charge in [-0.05, 0) is 68.6 Å². The molecule has 5 rings (SSSR count). The molecule has 0 atom stereocenters. The highest BCUT2D eigenvalue weighted by Crippen LogP contribution is 2.46. The quantitative estimate of drug-likeness (QED) is 0.170. The minimum Gasteiger partial charge on any atom is -0.309 e. The minimum atomic E-state index is 0.0459. The van der Waals surface area contributed by atoms with E-state index in [1.807, 2.05) is 36.4 Å². The molecule has 41 heavy (non-hydrogen) atoms. The van der Waals surface area contributed by atoms with Gasteiger partial charge in [-0.25, -0.2) is 0 Å². The highest BCUT2D eigenvalue weighted by Gasteiger charge is 2.23. The lowest BCUT2D eigenvalue weighted by atomic mass is 9.86. The average Bonchev–Trinajstić information content (AvgIpc) is 2.96. The first-order valence-electron chi connectivity index (χ1n) is 14.0. The van der Waals surface area contributed by atoms with E-state index < -0.39 is 0 Å². The van der Waals surface area contributed by atoms with Crippen LogP contribution in [0.25, 0.3) is 27.6 Å². The van der Waals surface area contributed by atoms with Crippen molar-refractivity contribution in [3.8, 4) is 12.1 Å². The van der Waals surface area contributed by atoms with E-state index >= 15 is 0 Å². The summed E-state index contributed by atoms with van der Waals surface area (Å²) in [5.74, 6) is 0. The van der Waals surface area contributed by atoms with Crippen molar-refractivity contribution in [1.29, 1.82) is 10.5 Å². The van der Waals surface area contributed by atoms with E-state index in [-0.39, 0.29) is 16.4 Å². The highest BCUT2D eigenvalue weighted by atomic mass is 15.1. The highest BCUT2D eigenvalue weighted by molar-refractivity contribution is 6.18. The molecule has 0 saturated carbocycles. The van der Waals surface area contributed by atoms with Gasteiger partial charge in [0.2, 0.25) is 0 Å². The largest absolute Gasteiger partial charge is 0.309 e. The zero-order valence-electron chi connectivity index (χ0n) is 24.7. The minimum absolute atomic E-state index is 0.0459. The molecule has 0 N–H and O–H groups in total. The Morgan fingerprint density at radius 1 is 0.561 bits per heavy atom. The van der Waals surface area contributed by atoms with E-state index in [9.17, 15) is 10.5 Å².